The van der Waals surface area contributed by atoms with Crippen LogP contribution in [-0.4, -0.2) is 6.29 Å². The number of alkyl halides is 1. The molecule has 0 radical (unpaired) electrons. The summed E-state index contributed by atoms with van der Waals surface area (Å²) in [6.07, 6.45) is 0.743. The minimum Gasteiger partial charge on any atom is -0.302 e. The molecule has 0 aliphatic rings. The van der Waals surface area contributed by atoms with E-state index >= 15 is 0 Å². The summed E-state index contributed by atoms with van der Waals surface area (Å²) in [5.41, 5.74) is 0.621. The lowest BCUT2D eigenvalue weighted by Crippen LogP contribution is -1.92. The molecule has 0 saturated carbocycles. The monoisotopic (exact) mass is 266 g/mol. The van der Waals surface area contributed by atoms with E-state index in [1.165, 1.54) is 0 Å². The summed E-state index contributed by atoms with van der Waals surface area (Å²) in [7, 11) is 0. The van der Waals surface area contributed by atoms with E-state index in [0.29, 0.717) is 15.6 Å². The number of halogens is 3. The van der Waals surface area contributed by atoms with Gasteiger partial charge >= 0.3 is 0 Å². The third-order valence-corrected chi connectivity index (χ3v) is 2.73. The SMILES string of the molecule is O=CC(Br)c1c(Cl)cccc1Cl. The Labute approximate surface area is 88.8 Å². The molecule has 0 bridgehead atoms. The number of carbonyl (C=O) groups is 1. The van der Waals surface area contributed by atoms with Crippen molar-refractivity contribution < 1.29 is 4.79 Å². The molecule has 0 aliphatic heterocycles. The van der Waals surface area contributed by atoms with Crippen LogP contribution in [0.1, 0.15) is 10.4 Å². The Hall–Kier alpha value is -0.0500. The molecule has 1 atom stereocenters. The van der Waals surface area contributed by atoms with Crippen molar-refractivity contribution in [2.45, 2.75) is 4.83 Å². The van der Waals surface area contributed by atoms with Crippen molar-refractivity contribution in [1.29, 1.82) is 0 Å². The molecule has 0 fully saturated rings. The van der Waals surface area contributed by atoms with Gasteiger partial charge < -0.3 is 4.79 Å². The predicted molar refractivity (Wildman–Crippen MR) is 54.2 cm³/mol. The van der Waals surface area contributed by atoms with Crippen LogP contribution in [0.5, 0.6) is 0 Å². The van der Waals surface area contributed by atoms with E-state index < -0.39 is 4.83 Å². The van der Waals surface area contributed by atoms with E-state index in [1.54, 1.807) is 18.2 Å². The molecule has 1 nitrogen and oxygen atoms in total. The van der Waals surface area contributed by atoms with Crippen molar-refractivity contribution in [3.63, 3.8) is 0 Å². The molecule has 1 unspecified atom stereocenters. The summed E-state index contributed by atoms with van der Waals surface area (Å²) in [4.78, 5) is 10.0. The first-order chi connectivity index (χ1) is 5.66. The van der Waals surface area contributed by atoms with Crippen LogP contribution in [0.15, 0.2) is 18.2 Å². The predicted octanol–water partition coefficient (Wildman–Crippen LogP) is 3.63. The van der Waals surface area contributed by atoms with Crippen LogP contribution in [0.3, 0.4) is 0 Å². The standard InChI is InChI=1S/C8H5BrCl2O/c9-5(4-12)8-6(10)2-1-3-7(8)11/h1-5H. The van der Waals surface area contributed by atoms with Gasteiger partial charge in [0.05, 0.1) is 4.83 Å². The zero-order chi connectivity index (χ0) is 9.14. The highest BCUT2D eigenvalue weighted by atomic mass is 79.9. The highest BCUT2D eigenvalue weighted by Gasteiger charge is 2.13. The molecule has 0 aromatic heterocycles. The van der Waals surface area contributed by atoms with E-state index in [0.717, 1.165) is 6.29 Å². The molecule has 1 rings (SSSR count). The second-order valence-corrected chi connectivity index (χ2v) is 3.97. The average molecular weight is 268 g/mol. The molecule has 0 N–H and O–H groups in total. The Balaban J connectivity index is 3.20. The fraction of sp³-hybridized carbons (Fsp3) is 0.125. The summed E-state index contributed by atoms with van der Waals surface area (Å²) in [6.45, 7) is 0. The van der Waals surface area contributed by atoms with Crippen LogP contribution < -0.4 is 0 Å². The zero-order valence-electron chi connectivity index (χ0n) is 5.93. The van der Waals surface area contributed by atoms with E-state index in [2.05, 4.69) is 15.9 Å². The largest absolute Gasteiger partial charge is 0.302 e. The van der Waals surface area contributed by atoms with Gasteiger partial charge in [-0.2, -0.15) is 0 Å². The van der Waals surface area contributed by atoms with Gasteiger partial charge in [-0.25, -0.2) is 0 Å². The van der Waals surface area contributed by atoms with Gasteiger partial charge in [-0.3, -0.25) is 0 Å². The van der Waals surface area contributed by atoms with Crippen LogP contribution in [0.4, 0.5) is 0 Å². The number of rotatable bonds is 2. The van der Waals surface area contributed by atoms with E-state index in [9.17, 15) is 4.79 Å². The summed E-state index contributed by atoms with van der Waals surface area (Å²) in [6, 6.07) is 5.12. The van der Waals surface area contributed by atoms with Crippen molar-refractivity contribution in [2.24, 2.45) is 0 Å². The normalized spacial score (nSPS) is 12.6. The van der Waals surface area contributed by atoms with E-state index in [-0.39, 0.29) is 0 Å². The molecular weight excluding hydrogens is 263 g/mol. The molecule has 12 heavy (non-hydrogen) atoms. The third-order valence-electron chi connectivity index (χ3n) is 1.39. The first kappa shape index (κ1) is 10.0. The Kier molecular flexibility index (Phi) is 3.56. The van der Waals surface area contributed by atoms with Crippen LogP contribution in [-0.2, 0) is 4.79 Å². The molecule has 0 spiro atoms. The molecule has 1 aromatic rings. The van der Waals surface area contributed by atoms with Gasteiger partial charge in [-0.1, -0.05) is 45.2 Å². The Morgan fingerprint density at radius 3 is 2.25 bits per heavy atom. The molecule has 4 heteroatoms. The lowest BCUT2D eigenvalue weighted by Gasteiger charge is -2.06. The van der Waals surface area contributed by atoms with Crippen molar-refractivity contribution in [3.05, 3.63) is 33.8 Å². The third kappa shape index (κ3) is 2.00. The van der Waals surface area contributed by atoms with E-state index in [4.69, 9.17) is 23.2 Å². The summed E-state index contributed by atoms with van der Waals surface area (Å²) >= 11 is 14.8. The molecule has 64 valence electrons. The summed E-state index contributed by atoms with van der Waals surface area (Å²) < 4.78 is 0. The van der Waals surface area contributed by atoms with Crippen molar-refractivity contribution >= 4 is 45.4 Å². The maximum Gasteiger partial charge on any atom is 0.138 e. The van der Waals surface area contributed by atoms with Crippen molar-refractivity contribution in [3.8, 4) is 0 Å². The second kappa shape index (κ2) is 4.26. The lowest BCUT2D eigenvalue weighted by atomic mass is 10.2. The molecule has 0 heterocycles. The molecule has 0 amide bonds. The molecule has 0 aliphatic carbocycles. The Morgan fingerprint density at radius 2 is 1.83 bits per heavy atom. The highest BCUT2D eigenvalue weighted by molar-refractivity contribution is 9.09. The maximum absolute atomic E-state index is 10.4. The van der Waals surface area contributed by atoms with Crippen LogP contribution in [0.2, 0.25) is 10.0 Å². The van der Waals surface area contributed by atoms with E-state index in [1.807, 2.05) is 0 Å². The number of hydrogen-bond acceptors (Lipinski definition) is 1. The minimum absolute atomic E-state index is 0.432. The van der Waals surface area contributed by atoms with Gasteiger partial charge in [0.1, 0.15) is 6.29 Å². The molecular formula is C8H5BrCl2O. The molecule has 0 saturated heterocycles. The Morgan fingerprint density at radius 1 is 1.33 bits per heavy atom. The van der Waals surface area contributed by atoms with Gasteiger partial charge in [0.15, 0.2) is 0 Å². The maximum atomic E-state index is 10.4. The lowest BCUT2D eigenvalue weighted by molar-refractivity contribution is -0.107. The first-order valence-corrected chi connectivity index (χ1v) is 4.87. The van der Waals surface area contributed by atoms with Crippen LogP contribution >= 0.6 is 39.1 Å². The second-order valence-electron chi connectivity index (χ2n) is 2.17. The number of carbonyl (C=O) groups excluding carboxylic acids is 1. The van der Waals surface area contributed by atoms with Gasteiger partial charge in [-0.15, -0.1) is 0 Å². The number of hydrogen-bond donors (Lipinski definition) is 0. The van der Waals surface area contributed by atoms with Crippen LogP contribution in [0, 0.1) is 0 Å². The van der Waals surface area contributed by atoms with Crippen molar-refractivity contribution in [1.82, 2.24) is 0 Å². The number of aldehydes is 1. The van der Waals surface area contributed by atoms with Crippen LogP contribution in [0.25, 0.3) is 0 Å². The Bertz CT molecular complexity index is 281. The van der Waals surface area contributed by atoms with Gasteiger partial charge in [0.25, 0.3) is 0 Å². The summed E-state index contributed by atoms with van der Waals surface area (Å²) in [5, 5.41) is 0.993. The highest BCUT2D eigenvalue weighted by Crippen LogP contribution is 2.33. The minimum atomic E-state index is -0.432. The van der Waals surface area contributed by atoms with Gasteiger partial charge in [0, 0.05) is 15.6 Å². The number of benzene rings is 1. The molecule has 1 aromatic carbocycles. The van der Waals surface area contributed by atoms with Crippen molar-refractivity contribution in [2.75, 3.05) is 0 Å². The fourth-order valence-corrected chi connectivity index (χ4v) is 2.23. The first-order valence-electron chi connectivity index (χ1n) is 3.20. The average Bonchev–Trinajstić information content (AvgIpc) is 2.03. The smallest absolute Gasteiger partial charge is 0.138 e. The zero-order valence-corrected chi connectivity index (χ0v) is 9.03. The summed E-state index contributed by atoms with van der Waals surface area (Å²) in [5.74, 6) is 0. The topological polar surface area (TPSA) is 17.1 Å². The quantitative estimate of drug-likeness (QED) is 0.591. The van der Waals surface area contributed by atoms with Gasteiger partial charge in [0.2, 0.25) is 0 Å². The van der Waals surface area contributed by atoms with Gasteiger partial charge in [-0.05, 0) is 12.1 Å². The fourth-order valence-electron chi connectivity index (χ4n) is 0.842.